The first-order valence-corrected chi connectivity index (χ1v) is 5.74. The van der Waals surface area contributed by atoms with Crippen molar-refractivity contribution < 1.29 is 4.74 Å². The zero-order valence-electron chi connectivity index (χ0n) is 7.79. The number of rotatable bonds is 5. The molecule has 1 rings (SSSR count). The van der Waals surface area contributed by atoms with Gasteiger partial charge in [0, 0.05) is 24.2 Å². The van der Waals surface area contributed by atoms with Crippen LogP contribution >= 0.6 is 11.8 Å². The van der Waals surface area contributed by atoms with Crippen LogP contribution in [-0.4, -0.2) is 30.8 Å². The van der Waals surface area contributed by atoms with Crippen LogP contribution in [0.4, 0.5) is 0 Å². The molecular weight excluding hydrogens is 170 g/mol. The van der Waals surface area contributed by atoms with E-state index in [1.807, 2.05) is 11.8 Å². The molecule has 2 N–H and O–H groups in total. The Labute approximate surface area is 79.2 Å². The normalized spacial score (nSPS) is 21.5. The fourth-order valence-corrected chi connectivity index (χ4v) is 2.86. The molecule has 12 heavy (non-hydrogen) atoms. The fourth-order valence-electron chi connectivity index (χ4n) is 1.58. The zero-order valence-corrected chi connectivity index (χ0v) is 8.61. The van der Waals surface area contributed by atoms with E-state index in [2.05, 4.69) is 0 Å². The summed E-state index contributed by atoms with van der Waals surface area (Å²) < 4.78 is 4.98. The van der Waals surface area contributed by atoms with E-state index in [4.69, 9.17) is 10.5 Å². The van der Waals surface area contributed by atoms with Crippen LogP contribution in [0.25, 0.3) is 0 Å². The van der Waals surface area contributed by atoms with Gasteiger partial charge < -0.3 is 10.5 Å². The Hall–Kier alpha value is 0.270. The van der Waals surface area contributed by atoms with Crippen LogP contribution in [-0.2, 0) is 4.74 Å². The maximum Gasteiger partial charge on any atom is 0.0621 e. The average molecular weight is 189 g/mol. The molecule has 1 unspecified atom stereocenters. The van der Waals surface area contributed by atoms with E-state index in [1.54, 1.807) is 7.11 Å². The Morgan fingerprint density at radius 2 is 2.17 bits per heavy atom. The van der Waals surface area contributed by atoms with Crippen molar-refractivity contribution in [3.05, 3.63) is 0 Å². The number of thioether (sulfide) groups is 1. The summed E-state index contributed by atoms with van der Waals surface area (Å²) >= 11 is 2.03. The summed E-state index contributed by atoms with van der Waals surface area (Å²) in [4.78, 5) is 0. The monoisotopic (exact) mass is 189 g/mol. The van der Waals surface area contributed by atoms with Crippen molar-refractivity contribution >= 4 is 11.8 Å². The Morgan fingerprint density at radius 3 is 2.75 bits per heavy atom. The molecule has 0 aliphatic heterocycles. The van der Waals surface area contributed by atoms with Crippen LogP contribution < -0.4 is 5.73 Å². The molecule has 0 aromatic rings. The van der Waals surface area contributed by atoms with Crippen molar-refractivity contribution in [1.29, 1.82) is 0 Å². The molecule has 1 atom stereocenters. The minimum Gasteiger partial charge on any atom is -0.383 e. The summed E-state index contributed by atoms with van der Waals surface area (Å²) in [5.74, 6) is 1.05. The molecule has 1 aliphatic carbocycles. The van der Waals surface area contributed by atoms with E-state index in [0.717, 1.165) is 11.0 Å². The van der Waals surface area contributed by atoms with Gasteiger partial charge in [-0.15, -0.1) is 0 Å². The molecule has 1 saturated carbocycles. The van der Waals surface area contributed by atoms with Crippen LogP contribution in [0.3, 0.4) is 0 Å². The third kappa shape index (κ3) is 3.78. The van der Waals surface area contributed by atoms with Crippen LogP contribution in [0.2, 0.25) is 0 Å². The number of hydrogen-bond acceptors (Lipinski definition) is 3. The van der Waals surface area contributed by atoms with Crippen molar-refractivity contribution in [2.75, 3.05) is 19.5 Å². The van der Waals surface area contributed by atoms with E-state index in [0.29, 0.717) is 6.61 Å². The van der Waals surface area contributed by atoms with Gasteiger partial charge in [-0.3, -0.25) is 0 Å². The topological polar surface area (TPSA) is 35.2 Å². The van der Waals surface area contributed by atoms with Crippen molar-refractivity contribution in [2.24, 2.45) is 5.73 Å². The average Bonchev–Trinajstić information content (AvgIpc) is 2.53. The van der Waals surface area contributed by atoms with E-state index in [-0.39, 0.29) is 6.04 Å². The highest BCUT2D eigenvalue weighted by atomic mass is 32.2. The van der Waals surface area contributed by atoms with Crippen LogP contribution in [0.15, 0.2) is 0 Å². The third-order valence-corrected chi connectivity index (χ3v) is 3.79. The third-order valence-electron chi connectivity index (χ3n) is 2.23. The zero-order chi connectivity index (χ0) is 8.81. The first-order chi connectivity index (χ1) is 5.83. The van der Waals surface area contributed by atoms with Crippen molar-refractivity contribution in [1.82, 2.24) is 0 Å². The lowest BCUT2D eigenvalue weighted by Crippen LogP contribution is -2.28. The predicted molar refractivity (Wildman–Crippen MR) is 54.6 cm³/mol. The van der Waals surface area contributed by atoms with Crippen molar-refractivity contribution in [2.45, 2.75) is 37.0 Å². The Morgan fingerprint density at radius 1 is 1.50 bits per heavy atom. The van der Waals surface area contributed by atoms with Gasteiger partial charge in [0.05, 0.1) is 6.61 Å². The summed E-state index contributed by atoms with van der Waals surface area (Å²) in [6.07, 6.45) is 5.61. The molecule has 0 aromatic heterocycles. The second kappa shape index (κ2) is 5.84. The molecule has 0 spiro atoms. The number of methoxy groups -OCH3 is 1. The largest absolute Gasteiger partial charge is 0.383 e. The van der Waals surface area contributed by atoms with Gasteiger partial charge in [0.15, 0.2) is 0 Å². The van der Waals surface area contributed by atoms with Crippen molar-refractivity contribution in [3.63, 3.8) is 0 Å². The predicted octanol–water partition coefficient (Wildman–Crippen LogP) is 1.64. The van der Waals surface area contributed by atoms with E-state index in [1.165, 1.54) is 25.7 Å². The number of nitrogens with two attached hydrogens (primary N) is 1. The molecule has 1 aliphatic rings. The van der Waals surface area contributed by atoms with Gasteiger partial charge >= 0.3 is 0 Å². The lowest BCUT2D eigenvalue weighted by molar-refractivity contribution is 0.186. The SMILES string of the molecule is COCC(N)CSC1CCCC1. The van der Waals surface area contributed by atoms with Gasteiger partial charge in [-0.1, -0.05) is 12.8 Å². The van der Waals surface area contributed by atoms with Gasteiger partial charge in [-0.2, -0.15) is 11.8 Å². The maximum absolute atomic E-state index is 5.82. The summed E-state index contributed by atoms with van der Waals surface area (Å²) in [5.41, 5.74) is 5.82. The standard InChI is InChI=1S/C9H19NOS/c1-11-6-8(10)7-12-9-4-2-3-5-9/h8-9H,2-7,10H2,1H3. The second-order valence-corrected chi connectivity index (χ2v) is 4.79. The summed E-state index contributed by atoms with van der Waals surface area (Å²) in [6.45, 7) is 0.694. The first kappa shape index (κ1) is 10.4. The Kier molecular flexibility index (Phi) is 5.04. The molecule has 0 heterocycles. The van der Waals surface area contributed by atoms with Gasteiger partial charge in [-0.25, -0.2) is 0 Å². The minimum atomic E-state index is 0.223. The van der Waals surface area contributed by atoms with Crippen LogP contribution in [0.5, 0.6) is 0 Å². The molecule has 0 radical (unpaired) electrons. The molecule has 0 aromatic carbocycles. The highest BCUT2D eigenvalue weighted by Crippen LogP contribution is 2.29. The quantitative estimate of drug-likeness (QED) is 0.714. The molecule has 2 nitrogen and oxygen atoms in total. The summed E-state index contributed by atoms with van der Waals surface area (Å²) in [6, 6.07) is 0.223. The van der Waals surface area contributed by atoms with Gasteiger partial charge in [0.25, 0.3) is 0 Å². The lowest BCUT2D eigenvalue weighted by atomic mass is 10.4. The van der Waals surface area contributed by atoms with E-state index >= 15 is 0 Å². The summed E-state index contributed by atoms with van der Waals surface area (Å²) in [7, 11) is 1.71. The molecule has 0 saturated heterocycles. The van der Waals surface area contributed by atoms with Crippen molar-refractivity contribution in [3.8, 4) is 0 Å². The van der Waals surface area contributed by atoms with Gasteiger partial charge in [0.2, 0.25) is 0 Å². The fraction of sp³-hybridized carbons (Fsp3) is 1.00. The molecule has 0 bridgehead atoms. The molecule has 0 amide bonds. The smallest absolute Gasteiger partial charge is 0.0621 e. The number of ether oxygens (including phenoxy) is 1. The molecule has 3 heteroatoms. The minimum absolute atomic E-state index is 0.223. The van der Waals surface area contributed by atoms with Crippen LogP contribution in [0.1, 0.15) is 25.7 Å². The molecular formula is C9H19NOS. The summed E-state index contributed by atoms with van der Waals surface area (Å²) in [5, 5.41) is 0.882. The van der Waals surface area contributed by atoms with E-state index in [9.17, 15) is 0 Å². The first-order valence-electron chi connectivity index (χ1n) is 4.69. The second-order valence-electron chi connectivity index (χ2n) is 3.46. The van der Waals surface area contributed by atoms with Gasteiger partial charge in [-0.05, 0) is 12.8 Å². The highest BCUT2D eigenvalue weighted by molar-refractivity contribution is 7.99. The molecule has 1 fully saturated rings. The Balaban J connectivity index is 1.99. The Bertz CT molecular complexity index is 115. The highest BCUT2D eigenvalue weighted by Gasteiger charge is 2.16. The van der Waals surface area contributed by atoms with Gasteiger partial charge in [0.1, 0.15) is 0 Å². The van der Waals surface area contributed by atoms with Crippen LogP contribution in [0, 0.1) is 0 Å². The number of hydrogen-bond donors (Lipinski definition) is 1. The molecule has 72 valence electrons. The van der Waals surface area contributed by atoms with E-state index < -0.39 is 0 Å². The lowest BCUT2D eigenvalue weighted by Gasteiger charge is -2.13. The maximum atomic E-state index is 5.82.